The third-order valence-electron chi connectivity index (χ3n) is 4.88. The van der Waals surface area contributed by atoms with E-state index in [0.717, 1.165) is 31.2 Å². The standard InChI is InChI=1S/C19H22O5/c20-17-16(14-15-8-2-1-3-9-15)23-18(10-4-6-12-21-18)19(24-17)11-5-7-13-22-19/h1-3,8-9,14H,4-7,10-13H2/b16-14-/t18-,19-/m1/s1. The van der Waals surface area contributed by atoms with Gasteiger partial charge in [-0.15, -0.1) is 0 Å². The summed E-state index contributed by atoms with van der Waals surface area (Å²) < 4.78 is 24.0. The van der Waals surface area contributed by atoms with Crippen LogP contribution in [0, 0.1) is 0 Å². The van der Waals surface area contributed by atoms with Crippen LogP contribution in [0.5, 0.6) is 0 Å². The molecule has 3 fully saturated rings. The summed E-state index contributed by atoms with van der Waals surface area (Å²) in [6.45, 7) is 1.14. The summed E-state index contributed by atoms with van der Waals surface area (Å²) in [5, 5.41) is 0. The van der Waals surface area contributed by atoms with Gasteiger partial charge >= 0.3 is 5.97 Å². The summed E-state index contributed by atoms with van der Waals surface area (Å²) >= 11 is 0. The van der Waals surface area contributed by atoms with E-state index in [0.29, 0.717) is 26.1 Å². The molecule has 5 nitrogen and oxygen atoms in total. The van der Waals surface area contributed by atoms with Gasteiger partial charge in [0.15, 0.2) is 0 Å². The van der Waals surface area contributed by atoms with Crippen LogP contribution < -0.4 is 0 Å². The first-order valence-electron chi connectivity index (χ1n) is 8.70. The van der Waals surface area contributed by atoms with E-state index in [1.807, 2.05) is 30.3 Å². The zero-order chi connectivity index (χ0) is 16.5. The lowest BCUT2D eigenvalue weighted by molar-refractivity contribution is -0.420. The normalized spacial score (nSPS) is 35.0. The van der Waals surface area contributed by atoms with E-state index in [1.54, 1.807) is 6.08 Å². The molecule has 4 rings (SSSR count). The third kappa shape index (κ3) is 2.62. The average Bonchev–Trinajstić information content (AvgIpc) is 2.62. The Hall–Kier alpha value is -1.85. The highest BCUT2D eigenvalue weighted by Gasteiger charge is 2.64. The van der Waals surface area contributed by atoms with Crippen molar-refractivity contribution in [2.24, 2.45) is 0 Å². The van der Waals surface area contributed by atoms with Gasteiger partial charge in [0.2, 0.25) is 5.76 Å². The molecule has 3 saturated heterocycles. The molecule has 0 aromatic heterocycles. The molecule has 5 heteroatoms. The molecular weight excluding hydrogens is 308 g/mol. The first-order chi connectivity index (χ1) is 11.7. The van der Waals surface area contributed by atoms with E-state index in [-0.39, 0.29) is 5.76 Å². The SMILES string of the molecule is O=C1O[C@]2(CCCCO2)[C@@]2(CCCCO2)O/C1=C\c1ccccc1. The lowest BCUT2D eigenvalue weighted by atomic mass is 9.89. The molecular formula is C19H22O5. The molecule has 0 bridgehead atoms. The molecule has 0 aliphatic carbocycles. The Morgan fingerprint density at radius 3 is 2.04 bits per heavy atom. The van der Waals surface area contributed by atoms with Crippen molar-refractivity contribution in [3.05, 3.63) is 41.7 Å². The lowest BCUT2D eigenvalue weighted by Crippen LogP contribution is -2.66. The van der Waals surface area contributed by atoms with Gasteiger partial charge in [-0.1, -0.05) is 30.3 Å². The van der Waals surface area contributed by atoms with Crippen molar-refractivity contribution in [2.45, 2.75) is 50.1 Å². The van der Waals surface area contributed by atoms with Gasteiger partial charge in [0.25, 0.3) is 11.6 Å². The number of carbonyl (C=O) groups excluding carboxylic acids is 1. The van der Waals surface area contributed by atoms with Crippen molar-refractivity contribution >= 4 is 12.0 Å². The van der Waals surface area contributed by atoms with E-state index in [4.69, 9.17) is 18.9 Å². The van der Waals surface area contributed by atoms with Gasteiger partial charge in [-0.2, -0.15) is 0 Å². The summed E-state index contributed by atoms with van der Waals surface area (Å²) in [6, 6.07) is 9.59. The molecule has 0 amide bonds. The molecule has 1 aromatic carbocycles. The first kappa shape index (κ1) is 15.7. The van der Waals surface area contributed by atoms with Crippen LogP contribution in [0.25, 0.3) is 6.08 Å². The second-order valence-corrected chi connectivity index (χ2v) is 6.53. The zero-order valence-electron chi connectivity index (χ0n) is 13.7. The number of hydrogen-bond acceptors (Lipinski definition) is 5. The van der Waals surface area contributed by atoms with Crippen molar-refractivity contribution in [1.82, 2.24) is 0 Å². The molecule has 0 saturated carbocycles. The van der Waals surface area contributed by atoms with Gasteiger partial charge < -0.3 is 18.9 Å². The highest BCUT2D eigenvalue weighted by molar-refractivity contribution is 5.92. The summed E-state index contributed by atoms with van der Waals surface area (Å²) in [4.78, 5) is 12.5. The predicted molar refractivity (Wildman–Crippen MR) is 86.7 cm³/mol. The average molecular weight is 330 g/mol. The monoisotopic (exact) mass is 330 g/mol. The quantitative estimate of drug-likeness (QED) is 0.583. The van der Waals surface area contributed by atoms with Gasteiger partial charge in [0.05, 0.1) is 13.2 Å². The predicted octanol–water partition coefficient (Wildman–Crippen LogP) is 3.39. The third-order valence-corrected chi connectivity index (χ3v) is 4.88. The molecule has 2 spiro atoms. The molecule has 1 aromatic rings. The van der Waals surface area contributed by atoms with E-state index in [2.05, 4.69) is 0 Å². The van der Waals surface area contributed by atoms with Crippen molar-refractivity contribution in [2.75, 3.05) is 13.2 Å². The zero-order valence-corrected chi connectivity index (χ0v) is 13.7. The molecule has 0 N–H and O–H groups in total. The van der Waals surface area contributed by atoms with E-state index < -0.39 is 17.5 Å². The summed E-state index contributed by atoms with van der Waals surface area (Å²) in [5.41, 5.74) is 0.885. The number of carbonyl (C=O) groups is 1. The van der Waals surface area contributed by atoms with Gasteiger partial charge in [-0.25, -0.2) is 4.79 Å². The maximum atomic E-state index is 12.5. The largest absolute Gasteiger partial charge is 0.448 e. The fourth-order valence-corrected chi connectivity index (χ4v) is 3.66. The van der Waals surface area contributed by atoms with Crippen molar-refractivity contribution < 1.29 is 23.7 Å². The lowest BCUT2D eigenvalue weighted by Gasteiger charge is -2.53. The topological polar surface area (TPSA) is 54.0 Å². The number of esters is 1. The van der Waals surface area contributed by atoms with Crippen LogP contribution in [0.2, 0.25) is 0 Å². The molecule has 0 unspecified atom stereocenters. The molecule has 0 radical (unpaired) electrons. The number of benzene rings is 1. The van der Waals surface area contributed by atoms with Crippen LogP contribution in [0.3, 0.4) is 0 Å². The minimum Gasteiger partial charge on any atom is -0.448 e. The molecule has 128 valence electrons. The molecule has 3 heterocycles. The molecule has 24 heavy (non-hydrogen) atoms. The van der Waals surface area contributed by atoms with Crippen LogP contribution in [-0.4, -0.2) is 30.8 Å². The van der Waals surface area contributed by atoms with Gasteiger partial charge in [-0.3, -0.25) is 0 Å². The molecule has 3 aliphatic rings. The molecule has 3 aliphatic heterocycles. The van der Waals surface area contributed by atoms with Crippen LogP contribution in [-0.2, 0) is 23.7 Å². The Morgan fingerprint density at radius 1 is 0.833 bits per heavy atom. The van der Waals surface area contributed by atoms with E-state index >= 15 is 0 Å². The van der Waals surface area contributed by atoms with Crippen molar-refractivity contribution in [3.8, 4) is 0 Å². The fraction of sp³-hybridized carbons (Fsp3) is 0.526. The number of rotatable bonds is 1. The second kappa shape index (κ2) is 6.22. The summed E-state index contributed by atoms with van der Waals surface area (Å²) in [6.07, 6.45) is 6.80. The number of fused-ring (bicyclic) bond motifs is 1. The van der Waals surface area contributed by atoms with E-state index in [1.165, 1.54) is 0 Å². The van der Waals surface area contributed by atoms with Gasteiger partial charge in [0, 0.05) is 12.8 Å². The second-order valence-electron chi connectivity index (χ2n) is 6.53. The van der Waals surface area contributed by atoms with Crippen molar-refractivity contribution in [3.63, 3.8) is 0 Å². The number of hydrogen-bond donors (Lipinski definition) is 0. The van der Waals surface area contributed by atoms with Crippen LogP contribution >= 0.6 is 0 Å². The van der Waals surface area contributed by atoms with E-state index in [9.17, 15) is 4.79 Å². The minimum absolute atomic E-state index is 0.183. The maximum absolute atomic E-state index is 12.5. The summed E-state index contributed by atoms with van der Waals surface area (Å²) in [7, 11) is 0. The van der Waals surface area contributed by atoms with Crippen molar-refractivity contribution in [1.29, 1.82) is 0 Å². The van der Waals surface area contributed by atoms with Crippen LogP contribution in [0.1, 0.15) is 44.1 Å². The Balaban J connectivity index is 1.69. The first-order valence-corrected chi connectivity index (χ1v) is 8.70. The van der Waals surface area contributed by atoms with Crippen LogP contribution in [0.4, 0.5) is 0 Å². The Morgan fingerprint density at radius 2 is 1.46 bits per heavy atom. The highest BCUT2D eigenvalue weighted by atomic mass is 16.8. The van der Waals surface area contributed by atoms with Crippen LogP contribution in [0.15, 0.2) is 36.1 Å². The number of ether oxygens (including phenoxy) is 4. The highest BCUT2D eigenvalue weighted by Crippen LogP contribution is 2.48. The summed E-state index contributed by atoms with van der Waals surface area (Å²) in [5.74, 6) is -2.44. The van der Waals surface area contributed by atoms with Gasteiger partial charge in [0.1, 0.15) is 0 Å². The Bertz CT molecular complexity index is 624. The minimum atomic E-state index is -1.11. The Kier molecular flexibility index (Phi) is 4.06. The maximum Gasteiger partial charge on any atom is 0.376 e. The Labute approximate surface area is 141 Å². The van der Waals surface area contributed by atoms with Gasteiger partial charge in [-0.05, 0) is 37.3 Å². The smallest absolute Gasteiger partial charge is 0.376 e. The molecule has 2 atom stereocenters. The fourth-order valence-electron chi connectivity index (χ4n) is 3.66.